The van der Waals surface area contributed by atoms with E-state index in [0.29, 0.717) is 31.7 Å². The van der Waals surface area contributed by atoms with Crippen molar-refractivity contribution in [1.29, 1.82) is 0 Å². The van der Waals surface area contributed by atoms with E-state index in [2.05, 4.69) is 4.98 Å². The van der Waals surface area contributed by atoms with Gasteiger partial charge in [0.2, 0.25) is 11.6 Å². The molecule has 4 rings (SSSR count). The minimum absolute atomic E-state index is 0.0165. The van der Waals surface area contributed by atoms with Crippen LogP contribution in [0.2, 0.25) is 5.15 Å². The molecule has 2 aliphatic rings. The number of carbonyl (C=O) groups is 2. The van der Waals surface area contributed by atoms with Gasteiger partial charge in [0, 0.05) is 43.2 Å². The SMILES string of the molecule is COc1cc(C(=O)N2CCC3(CC2)CCN(C(=O)c2csc([N+](=O)[O-])c2OC)C3)cc(Cl)n1. The van der Waals surface area contributed by atoms with Gasteiger partial charge in [-0.05, 0) is 30.7 Å². The Bertz CT molecular complexity index is 1100. The van der Waals surface area contributed by atoms with Crippen molar-refractivity contribution in [3.63, 3.8) is 0 Å². The van der Waals surface area contributed by atoms with Crippen molar-refractivity contribution in [2.45, 2.75) is 19.3 Å². The van der Waals surface area contributed by atoms with Crippen LogP contribution in [0.25, 0.3) is 0 Å². The molecule has 0 bridgehead atoms. The molecule has 2 fully saturated rings. The van der Waals surface area contributed by atoms with Crippen LogP contribution in [0.15, 0.2) is 17.5 Å². The molecular weight excluding hydrogens is 472 g/mol. The fourth-order valence-corrected chi connectivity index (χ4v) is 5.59. The standard InChI is InChI=1S/C21H23ClN4O6S/c1-31-16-10-13(9-15(22)23-16)18(27)24-6-3-21(4-7-24)5-8-25(12-21)19(28)14-11-33-20(26(29)30)17(14)32-2/h9-11H,3-8,12H2,1-2H3. The molecule has 0 N–H and O–H groups in total. The number of hydrogen-bond acceptors (Lipinski definition) is 8. The number of nitro groups is 1. The van der Waals surface area contributed by atoms with Crippen LogP contribution in [-0.4, -0.2) is 71.9 Å². The van der Waals surface area contributed by atoms with E-state index in [1.54, 1.807) is 15.9 Å². The maximum atomic E-state index is 13.1. The second-order valence-corrected chi connectivity index (χ2v) is 9.48. The zero-order valence-corrected chi connectivity index (χ0v) is 19.8. The molecule has 10 nitrogen and oxygen atoms in total. The molecule has 0 aliphatic carbocycles. The number of halogens is 1. The summed E-state index contributed by atoms with van der Waals surface area (Å²) < 4.78 is 10.3. The summed E-state index contributed by atoms with van der Waals surface area (Å²) in [6, 6.07) is 3.10. The molecule has 12 heteroatoms. The summed E-state index contributed by atoms with van der Waals surface area (Å²) in [5.41, 5.74) is 0.578. The fourth-order valence-electron chi connectivity index (χ4n) is 4.56. The van der Waals surface area contributed by atoms with Crippen LogP contribution >= 0.6 is 22.9 Å². The molecule has 0 aromatic carbocycles. The lowest BCUT2D eigenvalue weighted by Crippen LogP contribution is -2.44. The summed E-state index contributed by atoms with van der Waals surface area (Å²) in [7, 11) is 2.80. The molecule has 4 heterocycles. The molecule has 176 valence electrons. The number of pyridine rings is 1. The van der Waals surface area contributed by atoms with E-state index in [1.165, 1.54) is 25.7 Å². The van der Waals surface area contributed by atoms with Crippen molar-refractivity contribution in [1.82, 2.24) is 14.8 Å². The quantitative estimate of drug-likeness (QED) is 0.355. The first-order chi connectivity index (χ1) is 15.8. The maximum absolute atomic E-state index is 13.1. The molecule has 2 saturated heterocycles. The minimum atomic E-state index is -0.538. The second kappa shape index (κ2) is 9.14. The number of amides is 2. The Morgan fingerprint density at radius 1 is 1.12 bits per heavy atom. The molecule has 0 saturated carbocycles. The summed E-state index contributed by atoms with van der Waals surface area (Å²) in [6.45, 7) is 2.25. The first kappa shape index (κ1) is 23.2. The number of rotatable bonds is 5. The third-order valence-corrected chi connectivity index (χ3v) is 7.50. The van der Waals surface area contributed by atoms with Gasteiger partial charge in [-0.2, -0.15) is 0 Å². The number of thiophene rings is 1. The number of likely N-dealkylation sites (tertiary alicyclic amines) is 2. The lowest BCUT2D eigenvalue weighted by Gasteiger charge is -2.39. The maximum Gasteiger partial charge on any atom is 0.366 e. The van der Waals surface area contributed by atoms with Gasteiger partial charge in [0.25, 0.3) is 11.8 Å². The topological polar surface area (TPSA) is 115 Å². The normalized spacial score (nSPS) is 17.3. The van der Waals surface area contributed by atoms with E-state index in [0.717, 1.165) is 30.6 Å². The number of ether oxygens (including phenoxy) is 2. The highest BCUT2D eigenvalue weighted by atomic mass is 35.5. The van der Waals surface area contributed by atoms with Crippen LogP contribution < -0.4 is 9.47 Å². The van der Waals surface area contributed by atoms with E-state index in [1.807, 2.05) is 0 Å². The molecule has 33 heavy (non-hydrogen) atoms. The zero-order chi connectivity index (χ0) is 23.8. The van der Waals surface area contributed by atoms with Crippen molar-refractivity contribution >= 4 is 39.8 Å². The van der Waals surface area contributed by atoms with Crippen molar-refractivity contribution in [3.8, 4) is 11.6 Å². The summed E-state index contributed by atoms with van der Waals surface area (Å²) >= 11 is 6.89. The number of nitrogens with zero attached hydrogens (tertiary/aromatic N) is 4. The average Bonchev–Trinajstić information content (AvgIpc) is 3.43. The van der Waals surface area contributed by atoms with Gasteiger partial charge in [-0.25, -0.2) is 4.98 Å². The van der Waals surface area contributed by atoms with Crippen LogP contribution in [0, 0.1) is 15.5 Å². The Kier molecular flexibility index (Phi) is 6.44. The number of piperidine rings is 1. The first-order valence-corrected chi connectivity index (χ1v) is 11.6. The molecule has 2 aliphatic heterocycles. The highest BCUT2D eigenvalue weighted by Crippen LogP contribution is 2.43. The first-order valence-electron chi connectivity index (χ1n) is 10.4. The van der Waals surface area contributed by atoms with Gasteiger partial charge in [-0.3, -0.25) is 19.7 Å². The van der Waals surface area contributed by atoms with Crippen molar-refractivity contribution in [2.75, 3.05) is 40.4 Å². The zero-order valence-electron chi connectivity index (χ0n) is 18.2. The molecule has 2 aromatic heterocycles. The fraction of sp³-hybridized carbons (Fsp3) is 0.476. The van der Waals surface area contributed by atoms with Gasteiger partial charge in [0.15, 0.2) is 0 Å². The lowest BCUT2D eigenvalue weighted by molar-refractivity contribution is -0.381. The number of methoxy groups -OCH3 is 2. The van der Waals surface area contributed by atoms with Crippen LogP contribution in [0.4, 0.5) is 5.00 Å². The summed E-state index contributed by atoms with van der Waals surface area (Å²) in [5.74, 6) is -0.0880. The van der Waals surface area contributed by atoms with Gasteiger partial charge in [-0.15, -0.1) is 0 Å². The molecular formula is C21H23ClN4O6S. The van der Waals surface area contributed by atoms with Gasteiger partial charge in [0.05, 0.1) is 24.7 Å². The number of aromatic nitrogens is 1. The average molecular weight is 495 g/mol. The number of hydrogen-bond donors (Lipinski definition) is 0. The monoisotopic (exact) mass is 494 g/mol. The van der Waals surface area contributed by atoms with Crippen molar-refractivity contribution in [3.05, 3.63) is 43.9 Å². The van der Waals surface area contributed by atoms with Gasteiger partial charge in [0.1, 0.15) is 5.15 Å². The Morgan fingerprint density at radius 2 is 1.79 bits per heavy atom. The smallest absolute Gasteiger partial charge is 0.366 e. The van der Waals surface area contributed by atoms with Gasteiger partial charge >= 0.3 is 5.00 Å². The summed E-state index contributed by atoms with van der Waals surface area (Å²) in [6.07, 6.45) is 2.35. The van der Waals surface area contributed by atoms with E-state index < -0.39 is 4.92 Å². The summed E-state index contributed by atoms with van der Waals surface area (Å²) in [4.78, 5) is 44.2. The van der Waals surface area contributed by atoms with E-state index in [9.17, 15) is 19.7 Å². The molecule has 0 radical (unpaired) electrons. The molecule has 1 spiro atoms. The second-order valence-electron chi connectivity index (χ2n) is 8.23. The van der Waals surface area contributed by atoms with Crippen LogP contribution in [0.5, 0.6) is 11.6 Å². The Morgan fingerprint density at radius 3 is 2.39 bits per heavy atom. The molecule has 0 atom stereocenters. The van der Waals surface area contributed by atoms with Crippen molar-refractivity contribution in [2.24, 2.45) is 5.41 Å². The Balaban J connectivity index is 1.41. The van der Waals surface area contributed by atoms with Gasteiger partial charge in [-0.1, -0.05) is 22.9 Å². The largest absolute Gasteiger partial charge is 0.489 e. The van der Waals surface area contributed by atoms with Crippen molar-refractivity contribution < 1.29 is 24.0 Å². The van der Waals surface area contributed by atoms with Crippen LogP contribution in [-0.2, 0) is 0 Å². The van der Waals surface area contributed by atoms with Gasteiger partial charge < -0.3 is 19.3 Å². The highest BCUT2D eigenvalue weighted by Gasteiger charge is 2.44. The molecule has 2 amide bonds. The summed E-state index contributed by atoms with van der Waals surface area (Å²) in [5, 5.41) is 12.7. The molecule has 2 aromatic rings. The van der Waals surface area contributed by atoms with Crippen LogP contribution in [0.1, 0.15) is 40.0 Å². The Labute approximate surface area is 199 Å². The van der Waals surface area contributed by atoms with E-state index >= 15 is 0 Å². The van der Waals surface area contributed by atoms with Crippen LogP contribution in [0.3, 0.4) is 0 Å². The molecule has 0 unspecified atom stereocenters. The third kappa shape index (κ3) is 4.47. The highest BCUT2D eigenvalue weighted by molar-refractivity contribution is 7.14. The predicted octanol–water partition coefficient (Wildman–Crippen LogP) is 3.49. The third-order valence-electron chi connectivity index (χ3n) is 6.39. The Hall–Kier alpha value is -2.92. The van der Waals surface area contributed by atoms with E-state index in [4.69, 9.17) is 21.1 Å². The predicted molar refractivity (Wildman–Crippen MR) is 121 cm³/mol. The minimum Gasteiger partial charge on any atom is -0.489 e. The lowest BCUT2D eigenvalue weighted by atomic mass is 9.77. The number of carbonyl (C=O) groups excluding carboxylic acids is 2. The van der Waals surface area contributed by atoms with E-state index in [-0.39, 0.29) is 44.6 Å².